The van der Waals surface area contributed by atoms with Crippen molar-refractivity contribution in [2.75, 3.05) is 6.54 Å². The highest BCUT2D eigenvalue weighted by atomic mass is 15.4. The fourth-order valence-corrected chi connectivity index (χ4v) is 0.975. The summed E-state index contributed by atoms with van der Waals surface area (Å²) in [6, 6.07) is 0. The first kappa shape index (κ1) is 10.7. The number of hydrogen-bond donors (Lipinski definition) is 1. The molecule has 5 heteroatoms. The number of amidine groups is 1. The number of nitrogens with two attached hydrogens (primary N) is 1. The van der Waals surface area contributed by atoms with Gasteiger partial charge in [0.05, 0.1) is 12.0 Å². The molecule has 1 aromatic rings. The quantitative estimate of drug-likeness (QED) is 0.427. The Balaban J connectivity index is 2.19. The van der Waals surface area contributed by atoms with Crippen molar-refractivity contribution >= 4 is 5.84 Å². The molecule has 0 saturated carbocycles. The zero-order valence-corrected chi connectivity index (χ0v) is 8.72. The molecule has 1 heterocycles. The smallest absolute Gasteiger partial charge is 0.0962 e. The molecule has 0 aromatic carbocycles. The Hall–Kier alpha value is -1.39. The lowest BCUT2D eigenvalue weighted by atomic mass is 10.2. The number of rotatable bonds is 5. The van der Waals surface area contributed by atoms with Gasteiger partial charge in [-0.15, -0.1) is 5.10 Å². The third-order valence-corrected chi connectivity index (χ3v) is 1.90. The maximum absolute atomic E-state index is 5.69. The van der Waals surface area contributed by atoms with Crippen LogP contribution in [0.2, 0.25) is 0 Å². The second-order valence-electron chi connectivity index (χ2n) is 3.48. The highest BCUT2D eigenvalue weighted by Crippen LogP contribution is 1.93. The van der Waals surface area contributed by atoms with Gasteiger partial charge in [0.2, 0.25) is 0 Å². The van der Waals surface area contributed by atoms with E-state index in [-0.39, 0.29) is 0 Å². The van der Waals surface area contributed by atoms with Crippen LogP contribution in [0.5, 0.6) is 0 Å². The lowest BCUT2D eigenvalue weighted by molar-refractivity contribution is 0.564. The first-order chi connectivity index (χ1) is 6.70. The molecule has 14 heavy (non-hydrogen) atoms. The van der Waals surface area contributed by atoms with E-state index < -0.39 is 0 Å². The maximum Gasteiger partial charge on any atom is 0.0962 e. The Kier molecular flexibility index (Phi) is 4.10. The van der Waals surface area contributed by atoms with Gasteiger partial charge in [0.25, 0.3) is 0 Å². The van der Waals surface area contributed by atoms with Crippen molar-refractivity contribution in [3.63, 3.8) is 0 Å². The van der Waals surface area contributed by atoms with E-state index in [2.05, 4.69) is 15.3 Å². The van der Waals surface area contributed by atoms with Crippen molar-refractivity contribution in [3.05, 3.63) is 12.4 Å². The third-order valence-electron chi connectivity index (χ3n) is 1.90. The molecule has 78 valence electrons. The maximum atomic E-state index is 5.69. The number of nitrogens with zero attached hydrogens (tertiary/aromatic N) is 4. The molecule has 0 spiro atoms. The predicted molar refractivity (Wildman–Crippen MR) is 56.0 cm³/mol. The van der Waals surface area contributed by atoms with Crippen LogP contribution in [0.15, 0.2) is 17.4 Å². The van der Waals surface area contributed by atoms with Crippen LogP contribution < -0.4 is 5.73 Å². The molecular weight excluding hydrogens is 178 g/mol. The van der Waals surface area contributed by atoms with Gasteiger partial charge in [0.1, 0.15) is 0 Å². The Morgan fingerprint density at radius 3 is 2.93 bits per heavy atom. The molecule has 0 aliphatic rings. The molecule has 0 aliphatic heterocycles. The minimum absolute atomic E-state index is 0.335. The van der Waals surface area contributed by atoms with Gasteiger partial charge in [-0.05, 0) is 6.42 Å². The van der Waals surface area contributed by atoms with Gasteiger partial charge in [0.15, 0.2) is 0 Å². The van der Waals surface area contributed by atoms with Crippen LogP contribution in [-0.2, 0) is 6.54 Å². The molecule has 0 fully saturated rings. The van der Waals surface area contributed by atoms with E-state index in [4.69, 9.17) is 5.73 Å². The minimum atomic E-state index is 0.335. The largest absolute Gasteiger partial charge is 0.387 e. The van der Waals surface area contributed by atoms with E-state index in [1.807, 2.05) is 20.0 Å². The van der Waals surface area contributed by atoms with Crippen molar-refractivity contribution in [2.24, 2.45) is 16.6 Å². The highest BCUT2D eigenvalue weighted by molar-refractivity contribution is 5.82. The van der Waals surface area contributed by atoms with Crippen molar-refractivity contribution in [3.8, 4) is 0 Å². The van der Waals surface area contributed by atoms with E-state index in [0.717, 1.165) is 25.3 Å². The Labute approximate surface area is 84.0 Å². The van der Waals surface area contributed by atoms with Crippen LogP contribution >= 0.6 is 0 Å². The van der Waals surface area contributed by atoms with Gasteiger partial charge in [-0.3, -0.25) is 9.67 Å². The van der Waals surface area contributed by atoms with Crippen LogP contribution in [0.3, 0.4) is 0 Å². The van der Waals surface area contributed by atoms with Crippen LogP contribution in [-0.4, -0.2) is 27.4 Å². The molecule has 5 nitrogen and oxygen atoms in total. The Morgan fingerprint density at radius 2 is 2.36 bits per heavy atom. The molecule has 0 bridgehead atoms. The third kappa shape index (κ3) is 3.55. The lowest BCUT2D eigenvalue weighted by Gasteiger charge is -2.03. The summed E-state index contributed by atoms with van der Waals surface area (Å²) in [5.74, 6) is 1.06. The van der Waals surface area contributed by atoms with E-state index >= 15 is 0 Å². The summed E-state index contributed by atoms with van der Waals surface area (Å²) in [6.45, 7) is 5.67. The molecule has 0 atom stereocenters. The predicted octanol–water partition coefficient (Wildman–Crippen LogP) is 0.681. The van der Waals surface area contributed by atoms with E-state index in [0.29, 0.717) is 5.92 Å². The standard InChI is InChI=1S/C9H17N5/c1-8(2)9(10)11-4-3-6-14-7-5-12-13-14/h5,7-8H,3-4,6H2,1-2H3,(H2,10,11). The Bertz CT molecular complexity index is 275. The molecular formula is C9H17N5. The van der Waals surface area contributed by atoms with Gasteiger partial charge in [-0.25, -0.2) is 0 Å². The van der Waals surface area contributed by atoms with Crippen LogP contribution in [0.4, 0.5) is 0 Å². The average Bonchev–Trinajstić information content (AvgIpc) is 2.64. The summed E-state index contributed by atoms with van der Waals surface area (Å²) >= 11 is 0. The number of aryl methyl sites for hydroxylation is 1. The normalized spacial score (nSPS) is 12.4. The van der Waals surface area contributed by atoms with Gasteiger partial charge < -0.3 is 5.73 Å². The van der Waals surface area contributed by atoms with Crippen molar-refractivity contribution < 1.29 is 0 Å². The zero-order valence-electron chi connectivity index (χ0n) is 8.72. The molecule has 1 aromatic heterocycles. The molecule has 0 amide bonds. The van der Waals surface area contributed by atoms with Crippen molar-refractivity contribution in [2.45, 2.75) is 26.8 Å². The second-order valence-corrected chi connectivity index (χ2v) is 3.48. The lowest BCUT2D eigenvalue weighted by Crippen LogP contribution is -2.19. The first-order valence-corrected chi connectivity index (χ1v) is 4.84. The zero-order chi connectivity index (χ0) is 10.4. The molecule has 0 saturated heterocycles. The fraction of sp³-hybridized carbons (Fsp3) is 0.667. The van der Waals surface area contributed by atoms with Gasteiger partial charge in [0, 0.05) is 25.2 Å². The van der Waals surface area contributed by atoms with Gasteiger partial charge in [-0.1, -0.05) is 19.1 Å². The van der Waals surface area contributed by atoms with Crippen molar-refractivity contribution in [1.29, 1.82) is 0 Å². The summed E-state index contributed by atoms with van der Waals surface area (Å²) in [5, 5.41) is 7.57. The van der Waals surface area contributed by atoms with Crippen LogP contribution in [0.25, 0.3) is 0 Å². The molecule has 2 N–H and O–H groups in total. The number of hydrogen-bond acceptors (Lipinski definition) is 3. The highest BCUT2D eigenvalue weighted by Gasteiger charge is 1.97. The SMILES string of the molecule is CC(C)C(N)=NCCCn1ccnn1. The topological polar surface area (TPSA) is 69.1 Å². The average molecular weight is 195 g/mol. The number of aliphatic imine (C=N–C) groups is 1. The van der Waals surface area contributed by atoms with Gasteiger partial charge in [-0.2, -0.15) is 0 Å². The Morgan fingerprint density at radius 1 is 1.57 bits per heavy atom. The summed E-state index contributed by atoms with van der Waals surface area (Å²) in [4.78, 5) is 4.26. The molecule has 0 unspecified atom stereocenters. The van der Waals surface area contributed by atoms with Crippen LogP contribution in [0.1, 0.15) is 20.3 Å². The first-order valence-electron chi connectivity index (χ1n) is 4.84. The molecule has 1 rings (SSSR count). The van der Waals surface area contributed by atoms with Crippen LogP contribution in [0, 0.1) is 5.92 Å². The van der Waals surface area contributed by atoms with E-state index in [9.17, 15) is 0 Å². The second kappa shape index (κ2) is 5.36. The van der Waals surface area contributed by atoms with Gasteiger partial charge >= 0.3 is 0 Å². The summed E-state index contributed by atoms with van der Waals surface area (Å²) in [5.41, 5.74) is 5.69. The minimum Gasteiger partial charge on any atom is -0.387 e. The number of aromatic nitrogens is 3. The fourth-order valence-electron chi connectivity index (χ4n) is 0.975. The molecule has 0 radical (unpaired) electrons. The van der Waals surface area contributed by atoms with E-state index in [1.54, 1.807) is 10.9 Å². The summed E-state index contributed by atoms with van der Waals surface area (Å²) in [7, 11) is 0. The summed E-state index contributed by atoms with van der Waals surface area (Å²) < 4.78 is 1.79. The van der Waals surface area contributed by atoms with E-state index in [1.165, 1.54) is 0 Å². The summed E-state index contributed by atoms with van der Waals surface area (Å²) in [6.07, 6.45) is 4.46. The molecule has 0 aliphatic carbocycles. The monoisotopic (exact) mass is 195 g/mol. The van der Waals surface area contributed by atoms with Crippen molar-refractivity contribution in [1.82, 2.24) is 15.0 Å².